The molecule has 0 bridgehead atoms. The van der Waals surface area contributed by atoms with E-state index < -0.39 is 11.5 Å². The predicted molar refractivity (Wildman–Crippen MR) is 51.0 cm³/mol. The minimum atomic E-state index is -1.01. The predicted octanol–water partition coefficient (Wildman–Crippen LogP) is 0.431. The molecule has 0 aliphatic heterocycles. The number of amides is 2. The summed E-state index contributed by atoms with van der Waals surface area (Å²) in [6.45, 7) is 3.90. The molecule has 0 aromatic heterocycles. The largest absolute Gasteiger partial charge is 0.480 e. The van der Waals surface area contributed by atoms with Gasteiger partial charge in [0.25, 0.3) is 0 Å². The van der Waals surface area contributed by atoms with Gasteiger partial charge in [0.05, 0.1) is 0 Å². The molecule has 2 amide bonds. The first kappa shape index (κ1) is 10.6. The van der Waals surface area contributed by atoms with Gasteiger partial charge >= 0.3 is 12.0 Å². The lowest BCUT2D eigenvalue weighted by Gasteiger charge is -2.19. The van der Waals surface area contributed by atoms with Gasteiger partial charge in [0.1, 0.15) is 5.54 Å². The Balaban J connectivity index is 2.48. The number of hydrogen-bond acceptors (Lipinski definition) is 2. The maximum absolute atomic E-state index is 11.4. The van der Waals surface area contributed by atoms with Crippen molar-refractivity contribution in [2.75, 3.05) is 13.6 Å². The SMILES string of the molecule is C=CCN(C)C(=O)NC1(C(=O)O)CC1. The third-order valence-electron chi connectivity index (χ3n) is 2.26. The van der Waals surface area contributed by atoms with E-state index in [1.165, 1.54) is 4.90 Å². The van der Waals surface area contributed by atoms with Crippen LogP contribution in [0, 0.1) is 0 Å². The van der Waals surface area contributed by atoms with E-state index in [9.17, 15) is 9.59 Å². The van der Waals surface area contributed by atoms with Crippen LogP contribution in [-0.2, 0) is 4.79 Å². The number of nitrogens with one attached hydrogen (secondary N) is 1. The van der Waals surface area contributed by atoms with Crippen LogP contribution in [0.1, 0.15) is 12.8 Å². The Hall–Kier alpha value is -1.52. The molecule has 0 aromatic carbocycles. The van der Waals surface area contributed by atoms with E-state index in [-0.39, 0.29) is 6.03 Å². The molecule has 0 unspecified atom stereocenters. The lowest BCUT2D eigenvalue weighted by atomic mass is 10.3. The number of rotatable bonds is 4. The van der Waals surface area contributed by atoms with Crippen molar-refractivity contribution >= 4 is 12.0 Å². The first-order chi connectivity index (χ1) is 6.52. The second-order valence-electron chi connectivity index (χ2n) is 3.49. The maximum atomic E-state index is 11.4. The normalized spacial score (nSPS) is 16.9. The van der Waals surface area contributed by atoms with E-state index >= 15 is 0 Å². The van der Waals surface area contributed by atoms with E-state index in [1.807, 2.05) is 0 Å². The summed E-state index contributed by atoms with van der Waals surface area (Å²) >= 11 is 0. The Morgan fingerprint density at radius 2 is 2.21 bits per heavy atom. The molecule has 1 aliphatic carbocycles. The van der Waals surface area contributed by atoms with Crippen molar-refractivity contribution in [1.82, 2.24) is 10.2 Å². The zero-order chi connectivity index (χ0) is 10.8. The average Bonchev–Trinajstić information content (AvgIpc) is 2.86. The lowest BCUT2D eigenvalue weighted by molar-refractivity contribution is -0.140. The second-order valence-corrected chi connectivity index (χ2v) is 3.49. The van der Waals surface area contributed by atoms with Crippen LogP contribution in [0.15, 0.2) is 12.7 Å². The van der Waals surface area contributed by atoms with Crippen LogP contribution in [-0.4, -0.2) is 41.1 Å². The smallest absolute Gasteiger partial charge is 0.329 e. The number of carboxylic acid groups (broad SMARTS) is 1. The van der Waals surface area contributed by atoms with Crippen LogP contribution >= 0.6 is 0 Å². The zero-order valence-electron chi connectivity index (χ0n) is 8.12. The molecule has 1 saturated carbocycles. The van der Waals surface area contributed by atoms with Crippen molar-refractivity contribution in [3.63, 3.8) is 0 Å². The van der Waals surface area contributed by atoms with Crippen molar-refractivity contribution in [2.24, 2.45) is 0 Å². The Morgan fingerprint density at radius 1 is 1.64 bits per heavy atom. The minimum Gasteiger partial charge on any atom is -0.480 e. The number of carboxylic acids is 1. The summed E-state index contributed by atoms with van der Waals surface area (Å²) in [5.74, 6) is -0.960. The summed E-state index contributed by atoms with van der Waals surface area (Å²) in [6.07, 6.45) is 2.60. The summed E-state index contributed by atoms with van der Waals surface area (Å²) in [6, 6.07) is -0.371. The molecule has 5 nitrogen and oxygen atoms in total. The third-order valence-corrected chi connectivity index (χ3v) is 2.26. The van der Waals surface area contributed by atoms with Crippen molar-refractivity contribution in [1.29, 1.82) is 0 Å². The van der Waals surface area contributed by atoms with Crippen LogP contribution in [0.5, 0.6) is 0 Å². The minimum absolute atomic E-state index is 0.371. The second kappa shape index (κ2) is 3.69. The zero-order valence-corrected chi connectivity index (χ0v) is 8.12. The first-order valence-corrected chi connectivity index (χ1v) is 4.39. The third kappa shape index (κ3) is 2.04. The Labute approximate surface area is 82.4 Å². The molecule has 1 aliphatic rings. The summed E-state index contributed by atoms with van der Waals surface area (Å²) in [5.41, 5.74) is -1.01. The van der Waals surface area contributed by atoms with E-state index in [4.69, 9.17) is 5.11 Å². The Morgan fingerprint density at radius 3 is 2.57 bits per heavy atom. The first-order valence-electron chi connectivity index (χ1n) is 4.39. The number of aliphatic carboxylic acids is 1. The van der Waals surface area contributed by atoms with Gasteiger partial charge < -0.3 is 15.3 Å². The van der Waals surface area contributed by atoms with Gasteiger partial charge in [-0.3, -0.25) is 0 Å². The molecule has 1 fully saturated rings. The van der Waals surface area contributed by atoms with Crippen molar-refractivity contribution in [3.8, 4) is 0 Å². The van der Waals surface area contributed by atoms with Crippen LogP contribution in [0.3, 0.4) is 0 Å². The van der Waals surface area contributed by atoms with Gasteiger partial charge in [-0.05, 0) is 12.8 Å². The monoisotopic (exact) mass is 198 g/mol. The molecule has 2 N–H and O–H groups in total. The van der Waals surface area contributed by atoms with Crippen LogP contribution in [0.4, 0.5) is 4.79 Å². The number of carbonyl (C=O) groups is 2. The molecule has 0 radical (unpaired) electrons. The lowest BCUT2D eigenvalue weighted by Crippen LogP contribution is -2.48. The quantitative estimate of drug-likeness (QED) is 0.643. The Bertz CT molecular complexity index is 271. The fraction of sp³-hybridized carbons (Fsp3) is 0.556. The molecule has 5 heteroatoms. The number of hydrogen-bond donors (Lipinski definition) is 2. The molecular weight excluding hydrogens is 184 g/mol. The number of urea groups is 1. The van der Waals surface area contributed by atoms with Gasteiger partial charge in [0.2, 0.25) is 0 Å². The van der Waals surface area contributed by atoms with Gasteiger partial charge in [-0.25, -0.2) is 9.59 Å². The van der Waals surface area contributed by atoms with Gasteiger partial charge in [-0.2, -0.15) is 0 Å². The summed E-state index contributed by atoms with van der Waals surface area (Å²) in [7, 11) is 1.59. The highest BCUT2D eigenvalue weighted by Crippen LogP contribution is 2.35. The van der Waals surface area contributed by atoms with E-state index in [0.29, 0.717) is 19.4 Å². The molecule has 78 valence electrons. The topological polar surface area (TPSA) is 69.6 Å². The highest BCUT2D eigenvalue weighted by atomic mass is 16.4. The number of likely N-dealkylation sites (N-methyl/N-ethyl adjacent to an activating group) is 1. The van der Waals surface area contributed by atoms with Crippen molar-refractivity contribution in [2.45, 2.75) is 18.4 Å². The number of carbonyl (C=O) groups excluding carboxylic acids is 1. The maximum Gasteiger partial charge on any atom is 0.329 e. The summed E-state index contributed by atoms with van der Waals surface area (Å²) in [5, 5.41) is 11.3. The number of nitrogens with zero attached hydrogens (tertiary/aromatic N) is 1. The fourth-order valence-electron chi connectivity index (χ4n) is 1.09. The van der Waals surface area contributed by atoms with Gasteiger partial charge in [0, 0.05) is 13.6 Å². The van der Waals surface area contributed by atoms with E-state index in [0.717, 1.165) is 0 Å². The van der Waals surface area contributed by atoms with E-state index in [2.05, 4.69) is 11.9 Å². The van der Waals surface area contributed by atoms with E-state index in [1.54, 1.807) is 13.1 Å². The molecule has 0 heterocycles. The molecule has 0 saturated heterocycles. The molecule has 14 heavy (non-hydrogen) atoms. The van der Waals surface area contributed by atoms with Crippen LogP contribution in [0.2, 0.25) is 0 Å². The van der Waals surface area contributed by atoms with Crippen molar-refractivity contribution < 1.29 is 14.7 Å². The summed E-state index contributed by atoms with van der Waals surface area (Å²) in [4.78, 5) is 23.5. The average molecular weight is 198 g/mol. The molecule has 0 aromatic rings. The Kier molecular flexibility index (Phi) is 2.78. The van der Waals surface area contributed by atoms with Gasteiger partial charge in [0.15, 0.2) is 0 Å². The molecular formula is C9H14N2O3. The van der Waals surface area contributed by atoms with Gasteiger partial charge in [-0.1, -0.05) is 6.08 Å². The van der Waals surface area contributed by atoms with Crippen LogP contribution < -0.4 is 5.32 Å². The highest BCUT2D eigenvalue weighted by molar-refractivity contribution is 5.88. The fourth-order valence-corrected chi connectivity index (χ4v) is 1.09. The molecule has 0 spiro atoms. The van der Waals surface area contributed by atoms with Gasteiger partial charge in [-0.15, -0.1) is 6.58 Å². The van der Waals surface area contributed by atoms with Crippen molar-refractivity contribution in [3.05, 3.63) is 12.7 Å². The highest BCUT2D eigenvalue weighted by Gasteiger charge is 2.51. The van der Waals surface area contributed by atoms with Crippen LogP contribution in [0.25, 0.3) is 0 Å². The standard InChI is InChI=1S/C9H14N2O3/c1-3-6-11(2)8(14)10-9(4-5-9)7(12)13/h3H,1,4-6H2,2H3,(H,10,14)(H,12,13). The molecule has 0 atom stereocenters. The summed E-state index contributed by atoms with van der Waals surface area (Å²) < 4.78 is 0. The molecule has 1 rings (SSSR count).